The molecule has 4 N–H and O–H groups in total. The number of benzene rings is 1. The minimum absolute atomic E-state index is 0.0695. The van der Waals surface area contributed by atoms with E-state index in [4.69, 9.17) is 0 Å². The second-order valence-electron chi connectivity index (χ2n) is 11.9. The molecule has 10 atom stereocenters. The van der Waals surface area contributed by atoms with E-state index in [0.29, 0.717) is 23.3 Å². The Balaban J connectivity index is 1.35. The van der Waals surface area contributed by atoms with Crippen LogP contribution in [0.25, 0.3) is 0 Å². The van der Waals surface area contributed by atoms with Crippen LogP contribution in [0, 0.1) is 40.3 Å². The van der Waals surface area contributed by atoms with E-state index in [-0.39, 0.29) is 22.9 Å². The topological polar surface area (TPSA) is 80.9 Å². The molecule has 4 aliphatic rings. The number of aliphatic hydroxyl groups is 4. The number of rotatable bonds is 4. The van der Waals surface area contributed by atoms with Gasteiger partial charge in [-0.3, -0.25) is 0 Å². The molecule has 1 aromatic carbocycles. The smallest absolute Gasteiger partial charge is 0.123 e. The number of hydrogen-bond acceptors (Lipinski definition) is 4. The summed E-state index contributed by atoms with van der Waals surface area (Å²) >= 11 is 0. The largest absolute Gasteiger partial charge is 0.393 e. The van der Waals surface area contributed by atoms with E-state index >= 15 is 0 Å². The molecule has 3 fully saturated rings. The second kappa shape index (κ2) is 8.44. The molecule has 0 radical (unpaired) electrons. The fraction of sp³-hybridized carbons (Fsp3) is 0.714. The molecule has 0 spiro atoms. The molecular formula is C28H39FO4. The molecule has 1 aromatic rings. The minimum atomic E-state index is -1.30. The maximum absolute atomic E-state index is 13.3. The molecule has 5 heteroatoms. The average molecular weight is 459 g/mol. The van der Waals surface area contributed by atoms with Crippen LogP contribution in [0.2, 0.25) is 0 Å². The molecule has 0 amide bonds. The average Bonchev–Trinajstić information content (AvgIpc) is 3.15. The molecule has 5 rings (SSSR count). The van der Waals surface area contributed by atoms with Gasteiger partial charge in [-0.25, -0.2) is 4.39 Å². The highest BCUT2D eigenvalue weighted by Gasteiger charge is 2.60. The van der Waals surface area contributed by atoms with Crippen LogP contribution in [0.5, 0.6) is 0 Å². The fourth-order valence-corrected chi connectivity index (χ4v) is 8.53. The van der Waals surface area contributed by atoms with Crippen LogP contribution in [-0.2, 0) is 0 Å². The number of allylic oxidation sites excluding steroid dienone is 1. The summed E-state index contributed by atoms with van der Waals surface area (Å²) < 4.78 is 13.3. The van der Waals surface area contributed by atoms with E-state index in [1.165, 1.54) is 29.8 Å². The van der Waals surface area contributed by atoms with Gasteiger partial charge in [0.25, 0.3) is 0 Å². The van der Waals surface area contributed by atoms with Crippen molar-refractivity contribution in [3.8, 4) is 0 Å². The van der Waals surface area contributed by atoms with Gasteiger partial charge in [0.15, 0.2) is 0 Å². The van der Waals surface area contributed by atoms with Crippen LogP contribution >= 0.6 is 0 Å². The number of hydrogen-bond donors (Lipinski definition) is 4. The van der Waals surface area contributed by atoms with Gasteiger partial charge >= 0.3 is 0 Å². The molecular weight excluding hydrogens is 419 g/mol. The summed E-state index contributed by atoms with van der Waals surface area (Å²) in [6.07, 6.45) is 6.47. The first-order valence-corrected chi connectivity index (χ1v) is 12.8. The van der Waals surface area contributed by atoms with Gasteiger partial charge < -0.3 is 20.4 Å². The van der Waals surface area contributed by atoms with Gasteiger partial charge in [0, 0.05) is 0 Å². The van der Waals surface area contributed by atoms with Crippen LogP contribution in [0.15, 0.2) is 35.9 Å². The van der Waals surface area contributed by atoms with Gasteiger partial charge in [-0.15, -0.1) is 0 Å². The third-order valence-corrected chi connectivity index (χ3v) is 10.4. The molecule has 0 saturated heterocycles. The van der Waals surface area contributed by atoms with Crippen LogP contribution < -0.4 is 0 Å². The summed E-state index contributed by atoms with van der Waals surface area (Å²) in [5, 5.41) is 43.1. The van der Waals surface area contributed by atoms with Gasteiger partial charge in [0.1, 0.15) is 18.0 Å². The highest BCUT2D eigenvalue weighted by atomic mass is 19.1. The summed E-state index contributed by atoms with van der Waals surface area (Å²) in [6, 6.07) is 5.46. The Kier molecular flexibility index (Phi) is 6.00. The lowest BCUT2D eigenvalue weighted by Gasteiger charge is -2.58. The van der Waals surface area contributed by atoms with Crippen LogP contribution in [0.4, 0.5) is 4.39 Å². The summed E-state index contributed by atoms with van der Waals surface area (Å²) in [7, 11) is 0. The van der Waals surface area contributed by atoms with E-state index in [1.807, 2.05) is 0 Å². The van der Waals surface area contributed by atoms with Gasteiger partial charge in [-0.2, -0.15) is 0 Å². The zero-order chi connectivity index (χ0) is 23.5. The van der Waals surface area contributed by atoms with E-state index in [9.17, 15) is 24.8 Å². The number of fused-ring (bicyclic) bond motifs is 5. The highest BCUT2D eigenvalue weighted by Crippen LogP contribution is 2.66. The van der Waals surface area contributed by atoms with E-state index in [0.717, 1.165) is 51.4 Å². The van der Waals surface area contributed by atoms with Crippen molar-refractivity contribution in [3.05, 3.63) is 47.3 Å². The maximum atomic E-state index is 13.3. The van der Waals surface area contributed by atoms with Crippen molar-refractivity contribution in [2.24, 2.45) is 34.5 Å². The lowest BCUT2D eigenvalue weighted by Crippen LogP contribution is -2.52. The first kappa shape index (κ1) is 23.5. The second-order valence-corrected chi connectivity index (χ2v) is 11.9. The Morgan fingerprint density at radius 2 is 1.67 bits per heavy atom. The van der Waals surface area contributed by atoms with Crippen molar-refractivity contribution in [2.75, 3.05) is 0 Å². The molecule has 0 aliphatic heterocycles. The van der Waals surface area contributed by atoms with Crippen molar-refractivity contribution in [2.45, 2.75) is 89.6 Å². The Labute approximate surface area is 196 Å². The third kappa shape index (κ3) is 3.71. The first-order valence-electron chi connectivity index (χ1n) is 12.8. The summed E-state index contributed by atoms with van der Waals surface area (Å²) in [4.78, 5) is 0. The molecule has 4 aliphatic carbocycles. The Hall–Kier alpha value is -1.27. The van der Waals surface area contributed by atoms with E-state index in [2.05, 4.69) is 19.9 Å². The standard InChI is InChI=1S/C28H39FO4/c1-27-13-11-19(30)15-17(27)5-8-20-21-9-10-23(28(21,2)14-12-22(20)27)25(32)26(33)24(31)16-3-6-18(29)7-4-16/h3-7,19-26,30-33H,8-15H2,1-2H3/t19-,20-,21?,22?,23?,24+,25-,26-,27-,28-/m0/s1. The molecule has 33 heavy (non-hydrogen) atoms. The zero-order valence-electron chi connectivity index (χ0n) is 19.8. The third-order valence-electron chi connectivity index (χ3n) is 10.4. The molecule has 3 unspecified atom stereocenters. The Morgan fingerprint density at radius 1 is 0.939 bits per heavy atom. The molecule has 0 heterocycles. The van der Waals surface area contributed by atoms with Gasteiger partial charge in [0.05, 0.1) is 12.2 Å². The zero-order valence-corrected chi connectivity index (χ0v) is 19.8. The Morgan fingerprint density at radius 3 is 2.39 bits per heavy atom. The van der Waals surface area contributed by atoms with E-state index < -0.39 is 24.1 Å². The normalized spacial score (nSPS) is 43.0. The van der Waals surface area contributed by atoms with Gasteiger partial charge in [-0.05, 0) is 104 Å². The molecule has 4 nitrogen and oxygen atoms in total. The number of halogens is 1. The first-order chi connectivity index (χ1) is 15.6. The highest BCUT2D eigenvalue weighted by molar-refractivity contribution is 5.26. The lowest BCUT2D eigenvalue weighted by molar-refractivity contribution is -0.122. The maximum Gasteiger partial charge on any atom is 0.123 e. The molecule has 3 saturated carbocycles. The van der Waals surface area contributed by atoms with Crippen molar-refractivity contribution in [3.63, 3.8) is 0 Å². The quantitative estimate of drug-likeness (QED) is 0.500. The van der Waals surface area contributed by atoms with Gasteiger partial charge in [0.2, 0.25) is 0 Å². The molecule has 182 valence electrons. The minimum Gasteiger partial charge on any atom is -0.393 e. The summed E-state index contributed by atoms with van der Waals surface area (Å²) in [6.45, 7) is 4.70. The molecule has 0 bridgehead atoms. The fourth-order valence-electron chi connectivity index (χ4n) is 8.53. The van der Waals surface area contributed by atoms with Crippen LogP contribution in [0.3, 0.4) is 0 Å². The van der Waals surface area contributed by atoms with Crippen LogP contribution in [0.1, 0.15) is 76.9 Å². The SMILES string of the molecule is C[C@]12CCC3[C@@H](CC=C4C[C@@H](O)CC[C@@]43C)C1CCC2[C@H](O)[C@@H](O)[C@H](O)c1ccc(F)cc1. The van der Waals surface area contributed by atoms with Crippen molar-refractivity contribution < 1.29 is 24.8 Å². The van der Waals surface area contributed by atoms with Gasteiger partial charge in [-0.1, -0.05) is 37.6 Å². The van der Waals surface area contributed by atoms with Crippen LogP contribution in [-0.4, -0.2) is 38.7 Å². The monoisotopic (exact) mass is 458 g/mol. The van der Waals surface area contributed by atoms with Crippen molar-refractivity contribution in [1.29, 1.82) is 0 Å². The summed E-state index contributed by atoms with van der Waals surface area (Å²) in [5.41, 5.74) is 1.99. The predicted molar refractivity (Wildman–Crippen MR) is 125 cm³/mol. The lowest BCUT2D eigenvalue weighted by atomic mass is 9.47. The summed E-state index contributed by atoms with van der Waals surface area (Å²) in [5.74, 6) is 1.22. The van der Waals surface area contributed by atoms with E-state index in [1.54, 1.807) is 0 Å². The van der Waals surface area contributed by atoms with Crippen molar-refractivity contribution >= 4 is 0 Å². The Bertz CT molecular complexity index is 900. The predicted octanol–water partition coefficient (Wildman–Crippen LogP) is 4.52. The van der Waals surface area contributed by atoms with Crippen molar-refractivity contribution in [1.82, 2.24) is 0 Å². The molecule has 0 aromatic heterocycles. The number of aliphatic hydroxyl groups excluding tert-OH is 4.